The van der Waals surface area contributed by atoms with Crippen LogP contribution in [0.5, 0.6) is 5.75 Å². The van der Waals surface area contributed by atoms with Crippen LogP contribution in [0.1, 0.15) is 5.76 Å². The molecule has 1 amide bonds. The number of methoxy groups -OCH3 is 1. The molecule has 4 aromatic rings. The molecule has 0 bridgehead atoms. The van der Waals surface area contributed by atoms with E-state index in [1.807, 2.05) is 54.6 Å². The quantitative estimate of drug-likeness (QED) is 0.472. The van der Waals surface area contributed by atoms with Crippen LogP contribution in [0, 0.1) is 0 Å². The van der Waals surface area contributed by atoms with Crippen molar-refractivity contribution in [2.45, 2.75) is 6.42 Å². The van der Waals surface area contributed by atoms with Crippen molar-refractivity contribution in [3.05, 3.63) is 85.0 Å². The molecule has 0 saturated carbocycles. The van der Waals surface area contributed by atoms with E-state index in [0.29, 0.717) is 11.7 Å². The van der Waals surface area contributed by atoms with E-state index >= 15 is 0 Å². The maximum absolute atomic E-state index is 12.6. The van der Waals surface area contributed by atoms with E-state index in [0.717, 1.165) is 28.4 Å². The van der Waals surface area contributed by atoms with Crippen molar-refractivity contribution in [3.8, 4) is 17.0 Å². The van der Waals surface area contributed by atoms with E-state index in [1.54, 1.807) is 43.7 Å². The minimum Gasteiger partial charge on any atom is -0.497 e. The van der Waals surface area contributed by atoms with Gasteiger partial charge in [-0.3, -0.25) is 4.79 Å². The lowest BCUT2D eigenvalue weighted by Gasteiger charge is -2.17. The summed E-state index contributed by atoms with van der Waals surface area (Å²) in [4.78, 5) is 23.1. The Hall–Kier alpha value is -4.13. The molecule has 0 fully saturated rings. The van der Waals surface area contributed by atoms with Gasteiger partial charge >= 0.3 is 0 Å². The highest BCUT2D eigenvalue weighted by atomic mass is 16.5. The van der Waals surface area contributed by atoms with Crippen molar-refractivity contribution in [3.63, 3.8) is 0 Å². The Morgan fingerprint density at radius 1 is 1.10 bits per heavy atom. The van der Waals surface area contributed by atoms with Gasteiger partial charge in [-0.1, -0.05) is 18.2 Å². The topological polar surface area (TPSA) is 80.5 Å². The predicted molar refractivity (Wildman–Crippen MR) is 120 cm³/mol. The van der Waals surface area contributed by atoms with Crippen LogP contribution in [0.4, 0.5) is 17.3 Å². The second-order valence-electron chi connectivity index (χ2n) is 6.88. The highest BCUT2D eigenvalue weighted by Gasteiger charge is 2.14. The number of rotatable bonds is 7. The van der Waals surface area contributed by atoms with Crippen molar-refractivity contribution in [2.75, 3.05) is 24.4 Å². The van der Waals surface area contributed by atoms with Crippen molar-refractivity contribution in [1.29, 1.82) is 0 Å². The molecular weight excluding hydrogens is 392 g/mol. The van der Waals surface area contributed by atoms with Gasteiger partial charge in [0.05, 0.1) is 25.5 Å². The van der Waals surface area contributed by atoms with Crippen molar-refractivity contribution in [2.24, 2.45) is 0 Å². The first-order valence-corrected chi connectivity index (χ1v) is 9.76. The van der Waals surface area contributed by atoms with Crippen LogP contribution in [-0.4, -0.2) is 30.0 Å². The number of carbonyl (C=O) groups excluding carboxylic acids is 1. The fraction of sp³-hybridized carbons (Fsp3) is 0.125. The van der Waals surface area contributed by atoms with E-state index in [-0.39, 0.29) is 12.3 Å². The van der Waals surface area contributed by atoms with Crippen LogP contribution in [0.15, 0.2) is 83.6 Å². The highest BCUT2D eigenvalue weighted by Crippen LogP contribution is 2.25. The van der Waals surface area contributed by atoms with Crippen LogP contribution < -0.4 is 15.0 Å². The molecule has 2 aromatic carbocycles. The first kappa shape index (κ1) is 20.2. The fourth-order valence-electron chi connectivity index (χ4n) is 3.11. The molecule has 0 aliphatic heterocycles. The number of hydrogen-bond donors (Lipinski definition) is 1. The summed E-state index contributed by atoms with van der Waals surface area (Å²) in [5.41, 5.74) is 3.23. The fourth-order valence-corrected chi connectivity index (χ4v) is 3.11. The molecule has 7 heteroatoms. The van der Waals surface area contributed by atoms with Gasteiger partial charge in [0, 0.05) is 36.2 Å². The van der Waals surface area contributed by atoms with Gasteiger partial charge < -0.3 is 19.4 Å². The Morgan fingerprint density at radius 2 is 1.97 bits per heavy atom. The molecule has 0 radical (unpaired) electrons. The van der Waals surface area contributed by atoms with E-state index in [2.05, 4.69) is 15.3 Å². The largest absolute Gasteiger partial charge is 0.497 e. The standard InChI is InChI=1S/C24H22N4O3/c1-28(23(29)16-21-10-5-13-31-21)19-8-3-6-17(14-19)22-11-12-25-24(27-22)26-18-7-4-9-20(15-18)30-2/h3-15H,16H2,1-2H3,(H,25,26,27). The predicted octanol–water partition coefficient (Wildman–Crippen LogP) is 4.69. The number of aromatic nitrogens is 2. The van der Waals surface area contributed by atoms with Crippen LogP contribution in [-0.2, 0) is 11.2 Å². The number of nitrogens with one attached hydrogen (secondary N) is 1. The molecule has 7 nitrogen and oxygen atoms in total. The number of benzene rings is 2. The first-order valence-electron chi connectivity index (χ1n) is 9.76. The summed E-state index contributed by atoms with van der Waals surface area (Å²) in [5.74, 6) is 1.79. The van der Waals surface area contributed by atoms with Gasteiger partial charge in [0.2, 0.25) is 11.9 Å². The van der Waals surface area contributed by atoms with Gasteiger partial charge in [-0.05, 0) is 42.5 Å². The zero-order valence-corrected chi connectivity index (χ0v) is 17.3. The Labute approximate surface area is 180 Å². The third-order valence-electron chi connectivity index (χ3n) is 4.79. The third kappa shape index (κ3) is 4.90. The zero-order chi connectivity index (χ0) is 21.6. The van der Waals surface area contributed by atoms with Gasteiger partial charge in [0.1, 0.15) is 11.5 Å². The van der Waals surface area contributed by atoms with Crippen molar-refractivity contribution >= 4 is 23.2 Å². The Balaban J connectivity index is 1.53. The molecule has 2 aromatic heterocycles. The van der Waals surface area contributed by atoms with Crippen LogP contribution in [0.2, 0.25) is 0 Å². The number of ether oxygens (including phenoxy) is 1. The molecule has 31 heavy (non-hydrogen) atoms. The average Bonchev–Trinajstić information content (AvgIpc) is 3.32. The van der Waals surface area contributed by atoms with Gasteiger partial charge in [0.15, 0.2) is 0 Å². The first-order chi connectivity index (χ1) is 15.1. The lowest BCUT2D eigenvalue weighted by Crippen LogP contribution is -2.27. The number of furan rings is 1. The van der Waals surface area contributed by atoms with Crippen molar-refractivity contribution in [1.82, 2.24) is 9.97 Å². The molecule has 2 heterocycles. The third-order valence-corrected chi connectivity index (χ3v) is 4.79. The highest BCUT2D eigenvalue weighted by molar-refractivity contribution is 5.94. The summed E-state index contributed by atoms with van der Waals surface area (Å²) in [7, 11) is 3.37. The lowest BCUT2D eigenvalue weighted by atomic mass is 10.1. The summed E-state index contributed by atoms with van der Waals surface area (Å²) < 4.78 is 10.5. The number of hydrogen-bond acceptors (Lipinski definition) is 6. The number of amides is 1. The molecular formula is C24H22N4O3. The summed E-state index contributed by atoms with van der Waals surface area (Å²) in [6.07, 6.45) is 3.47. The van der Waals surface area contributed by atoms with E-state index < -0.39 is 0 Å². The normalized spacial score (nSPS) is 10.5. The molecule has 0 unspecified atom stereocenters. The molecule has 1 N–H and O–H groups in total. The smallest absolute Gasteiger partial charge is 0.234 e. The van der Waals surface area contributed by atoms with Crippen LogP contribution in [0.25, 0.3) is 11.3 Å². The lowest BCUT2D eigenvalue weighted by molar-refractivity contribution is -0.117. The summed E-state index contributed by atoms with van der Waals surface area (Å²) in [6, 6.07) is 20.6. The van der Waals surface area contributed by atoms with E-state index in [9.17, 15) is 4.79 Å². The Bertz CT molecular complexity index is 1170. The molecule has 156 valence electrons. The maximum atomic E-state index is 12.6. The number of anilines is 3. The second kappa shape index (κ2) is 9.13. The van der Waals surface area contributed by atoms with E-state index in [4.69, 9.17) is 9.15 Å². The van der Waals surface area contributed by atoms with Gasteiger partial charge in [-0.2, -0.15) is 0 Å². The Kier molecular flexibility index (Phi) is 5.93. The van der Waals surface area contributed by atoms with Crippen LogP contribution in [0.3, 0.4) is 0 Å². The number of likely N-dealkylation sites (N-methyl/N-ethyl adjacent to an activating group) is 1. The average molecular weight is 414 g/mol. The molecule has 0 aliphatic rings. The monoisotopic (exact) mass is 414 g/mol. The number of nitrogens with zero attached hydrogens (tertiary/aromatic N) is 3. The molecule has 0 aliphatic carbocycles. The van der Waals surface area contributed by atoms with Gasteiger partial charge in [-0.15, -0.1) is 0 Å². The minimum absolute atomic E-state index is 0.0600. The molecule has 4 rings (SSSR count). The zero-order valence-electron chi connectivity index (χ0n) is 17.3. The summed E-state index contributed by atoms with van der Waals surface area (Å²) >= 11 is 0. The summed E-state index contributed by atoms with van der Waals surface area (Å²) in [6.45, 7) is 0. The number of carbonyl (C=O) groups is 1. The SMILES string of the molecule is COc1cccc(Nc2nccc(-c3cccc(N(C)C(=O)Cc4ccco4)c3)n2)c1. The Morgan fingerprint density at radius 3 is 2.77 bits per heavy atom. The molecule has 0 spiro atoms. The van der Waals surface area contributed by atoms with E-state index in [1.165, 1.54) is 0 Å². The minimum atomic E-state index is -0.0600. The molecule has 0 saturated heterocycles. The maximum Gasteiger partial charge on any atom is 0.234 e. The summed E-state index contributed by atoms with van der Waals surface area (Å²) in [5, 5.41) is 3.19. The molecule has 0 atom stereocenters. The van der Waals surface area contributed by atoms with Gasteiger partial charge in [0.25, 0.3) is 0 Å². The second-order valence-corrected chi connectivity index (χ2v) is 6.88. The van der Waals surface area contributed by atoms with Gasteiger partial charge in [-0.25, -0.2) is 9.97 Å². The van der Waals surface area contributed by atoms with Crippen LogP contribution >= 0.6 is 0 Å². The van der Waals surface area contributed by atoms with Crippen molar-refractivity contribution < 1.29 is 13.9 Å².